The summed E-state index contributed by atoms with van der Waals surface area (Å²) < 4.78 is 22.2. The SMILES string of the molecule is CCCn1ncc(OC)c1C1(F)CCC(N)CC1. The van der Waals surface area contributed by atoms with Crippen LogP contribution < -0.4 is 10.5 Å². The van der Waals surface area contributed by atoms with Crippen LogP contribution in [0.1, 0.15) is 44.7 Å². The van der Waals surface area contributed by atoms with Crippen molar-refractivity contribution >= 4 is 0 Å². The first-order chi connectivity index (χ1) is 8.60. The molecule has 0 radical (unpaired) electrons. The molecule has 2 N–H and O–H groups in total. The van der Waals surface area contributed by atoms with Crippen molar-refractivity contribution in [2.75, 3.05) is 7.11 Å². The molecule has 0 amide bonds. The van der Waals surface area contributed by atoms with Gasteiger partial charge in [-0.15, -0.1) is 0 Å². The van der Waals surface area contributed by atoms with Crippen molar-refractivity contribution in [3.8, 4) is 5.75 Å². The molecule has 0 bridgehead atoms. The number of halogens is 1. The van der Waals surface area contributed by atoms with E-state index in [0.29, 0.717) is 24.3 Å². The fraction of sp³-hybridized carbons (Fsp3) is 0.769. The number of hydrogen-bond donors (Lipinski definition) is 1. The summed E-state index contributed by atoms with van der Waals surface area (Å²) in [5.41, 5.74) is 5.11. The van der Waals surface area contributed by atoms with Crippen LogP contribution in [0.2, 0.25) is 0 Å². The number of nitrogens with two attached hydrogens (primary N) is 1. The molecule has 0 saturated heterocycles. The second kappa shape index (κ2) is 5.26. The predicted molar refractivity (Wildman–Crippen MR) is 68.3 cm³/mol. The van der Waals surface area contributed by atoms with Crippen LogP contribution in [-0.4, -0.2) is 22.9 Å². The number of ether oxygens (including phenoxy) is 1. The average Bonchev–Trinajstić information content (AvgIpc) is 2.77. The lowest BCUT2D eigenvalue weighted by Crippen LogP contribution is -2.35. The number of nitrogens with zero attached hydrogens (tertiary/aromatic N) is 2. The standard InChI is InChI=1S/C13H22FN3O/c1-3-8-17-12(11(18-2)9-16-17)13(14)6-4-10(15)5-7-13/h9-10H,3-8,15H2,1-2H3. The molecule has 2 rings (SSSR count). The van der Waals surface area contributed by atoms with Gasteiger partial charge in [0, 0.05) is 12.6 Å². The highest BCUT2D eigenvalue weighted by molar-refractivity contribution is 5.31. The summed E-state index contributed by atoms with van der Waals surface area (Å²) in [5, 5.41) is 4.24. The van der Waals surface area contributed by atoms with E-state index in [9.17, 15) is 0 Å². The lowest BCUT2D eigenvalue weighted by molar-refractivity contribution is 0.0835. The van der Waals surface area contributed by atoms with Crippen molar-refractivity contribution in [1.82, 2.24) is 9.78 Å². The summed E-state index contributed by atoms with van der Waals surface area (Å²) >= 11 is 0. The highest BCUT2D eigenvalue weighted by Gasteiger charge is 2.41. The van der Waals surface area contributed by atoms with E-state index in [1.165, 1.54) is 0 Å². The van der Waals surface area contributed by atoms with Gasteiger partial charge < -0.3 is 10.5 Å². The van der Waals surface area contributed by atoms with E-state index < -0.39 is 5.67 Å². The highest BCUT2D eigenvalue weighted by Crippen LogP contribution is 2.44. The fourth-order valence-corrected chi connectivity index (χ4v) is 2.69. The molecule has 0 aliphatic heterocycles. The summed E-state index contributed by atoms with van der Waals surface area (Å²) in [6.07, 6.45) is 4.89. The lowest BCUT2D eigenvalue weighted by Gasteiger charge is -2.33. The van der Waals surface area contributed by atoms with E-state index in [2.05, 4.69) is 12.0 Å². The van der Waals surface area contributed by atoms with Crippen molar-refractivity contribution in [1.29, 1.82) is 0 Å². The van der Waals surface area contributed by atoms with E-state index in [-0.39, 0.29) is 6.04 Å². The molecule has 1 aliphatic carbocycles. The van der Waals surface area contributed by atoms with Gasteiger partial charge in [-0.05, 0) is 32.1 Å². The monoisotopic (exact) mass is 255 g/mol. The van der Waals surface area contributed by atoms with Crippen LogP contribution in [0.4, 0.5) is 4.39 Å². The predicted octanol–water partition coefficient (Wildman–Crippen LogP) is 2.37. The number of alkyl halides is 1. The van der Waals surface area contributed by atoms with Gasteiger partial charge in [0.15, 0.2) is 11.4 Å². The molecule has 18 heavy (non-hydrogen) atoms. The largest absolute Gasteiger partial charge is 0.493 e. The lowest BCUT2D eigenvalue weighted by atomic mass is 9.81. The van der Waals surface area contributed by atoms with E-state index in [1.807, 2.05) is 0 Å². The summed E-state index contributed by atoms with van der Waals surface area (Å²) in [6.45, 7) is 2.77. The summed E-state index contributed by atoms with van der Waals surface area (Å²) in [6, 6.07) is 0.127. The van der Waals surface area contributed by atoms with Crippen molar-refractivity contribution in [2.24, 2.45) is 5.73 Å². The molecule has 102 valence electrons. The van der Waals surface area contributed by atoms with Crippen molar-refractivity contribution in [3.05, 3.63) is 11.9 Å². The van der Waals surface area contributed by atoms with E-state index in [1.54, 1.807) is 18.0 Å². The van der Waals surface area contributed by atoms with E-state index in [0.717, 1.165) is 25.8 Å². The molecule has 0 spiro atoms. The third-order valence-electron chi connectivity index (χ3n) is 3.71. The van der Waals surface area contributed by atoms with Crippen LogP contribution in [0, 0.1) is 0 Å². The third-order valence-corrected chi connectivity index (χ3v) is 3.71. The van der Waals surface area contributed by atoms with Gasteiger partial charge in [0.25, 0.3) is 0 Å². The Morgan fingerprint density at radius 3 is 2.78 bits per heavy atom. The maximum atomic E-state index is 15.1. The second-order valence-electron chi connectivity index (χ2n) is 5.09. The quantitative estimate of drug-likeness (QED) is 0.898. The van der Waals surface area contributed by atoms with Crippen LogP contribution in [0.15, 0.2) is 6.20 Å². The zero-order chi connectivity index (χ0) is 13.2. The molecule has 4 nitrogen and oxygen atoms in total. The normalized spacial score (nSPS) is 28.3. The molecule has 1 saturated carbocycles. The van der Waals surface area contributed by atoms with Crippen LogP contribution >= 0.6 is 0 Å². The Kier molecular flexibility index (Phi) is 3.90. The molecule has 0 aromatic carbocycles. The van der Waals surface area contributed by atoms with E-state index in [4.69, 9.17) is 10.5 Å². The molecule has 1 aliphatic rings. The number of rotatable bonds is 4. The Morgan fingerprint density at radius 1 is 1.56 bits per heavy atom. The minimum absolute atomic E-state index is 0.127. The smallest absolute Gasteiger partial charge is 0.163 e. The van der Waals surface area contributed by atoms with Gasteiger partial charge in [0.05, 0.1) is 13.3 Å². The van der Waals surface area contributed by atoms with Gasteiger partial charge in [-0.1, -0.05) is 6.92 Å². The topological polar surface area (TPSA) is 53.1 Å². The Labute approximate surface area is 107 Å². The van der Waals surface area contributed by atoms with Gasteiger partial charge >= 0.3 is 0 Å². The van der Waals surface area contributed by atoms with Crippen LogP contribution in [0.25, 0.3) is 0 Å². The molecule has 1 aromatic rings. The minimum Gasteiger partial charge on any atom is -0.493 e. The van der Waals surface area contributed by atoms with Gasteiger partial charge in [-0.3, -0.25) is 4.68 Å². The van der Waals surface area contributed by atoms with Crippen LogP contribution in [-0.2, 0) is 12.2 Å². The number of aromatic nitrogens is 2. The molecule has 1 heterocycles. The van der Waals surface area contributed by atoms with Crippen LogP contribution in [0.3, 0.4) is 0 Å². The first kappa shape index (κ1) is 13.3. The Morgan fingerprint density at radius 2 is 2.22 bits per heavy atom. The molecular weight excluding hydrogens is 233 g/mol. The fourth-order valence-electron chi connectivity index (χ4n) is 2.69. The molecule has 5 heteroatoms. The molecule has 0 unspecified atom stereocenters. The van der Waals surface area contributed by atoms with Gasteiger partial charge in [-0.2, -0.15) is 5.10 Å². The average molecular weight is 255 g/mol. The Balaban J connectivity index is 2.32. The maximum absolute atomic E-state index is 15.1. The van der Waals surface area contributed by atoms with E-state index >= 15 is 4.39 Å². The van der Waals surface area contributed by atoms with Crippen LogP contribution in [0.5, 0.6) is 5.75 Å². The minimum atomic E-state index is -1.34. The number of hydrogen-bond acceptors (Lipinski definition) is 3. The van der Waals surface area contributed by atoms with Crippen molar-refractivity contribution in [2.45, 2.75) is 57.3 Å². The zero-order valence-electron chi connectivity index (χ0n) is 11.2. The van der Waals surface area contributed by atoms with Crippen molar-refractivity contribution in [3.63, 3.8) is 0 Å². The second-order valence-corrected chi connectivity index (χ2v) is 5.09. The first-order valence-electron chi connectivity index (χ1n) is 6.65. The van der Waals surface area contributed by atoms with Gasteiger partial charge in [0.1, 0.15) is 5.69 Å². The van der Waals surface area contributed by atoms with Crippen molar-refractivity contribution < 1.29 is 9.13 Å². The zero-order valence-corrected chi connectivity index (χ0v) is 11.2. The molecule has 1 fully saturated rings. The molecular formula is C13H22FN3O. The highest BCUT2D eigenvalue weighted by atomic mass is 19.1. The third kappa shape index (κ3) is 2.36. The molecule has 0 atom stereocenters. The number of methoxy groups -OCH3 is 1. The number of aryl methyl sites for hydroxylation is 1. The summed E-state index contributed by atoms with van der Waals surface area (Å²) in [4.78, 5) is 0. The Hall–Kier alpha value is -1.10. The Bertz CT molecular complexity index is 397. The summed E-state index contributed by atoms with van der Waals surface area (Å²) in [7, 11) is 1.56. The van der Waals surface area contributed by atoms with Gasteiger partial charge in [-0.25, -0.2) is 4.39 Å². The summed E-state index contributed by atoms with van der Waals surface area (Å²) in [5.74, 6) is 0.557. The first-order valence-corrected chi connectivity index (χ1v) is 6.65. The maximum Gasteiger partial charge on any atom is 0.163 e. The molecule has 1 aromatic heterocycles. The van der Waals surface area contributed by atoms with Gasteiger partial charge in [0.2, 0.25) is 0 Å².